The summed E-state index contributed by atoms with van der Waals surface area (Å²) in [5.41, 5.74) is 5.51. The molecular weight excluding hydrogens is 166 g/mol. The van der Waals surface area contributed by atoms with Gasteiger partial charge in [0.15, 0.2) is 0 Å². The Morgan fingerprint density at radius 3 is 2.85 bits per heavy atom. The molecular formula is C10H19NO2. The number of hydrogen-bond donors (Lipinski definition) is 1. The van der Waals surface area contributed by atoms with E-state index in [1.165, 1.54) is 0 Å². The van der Waals surface area contributed by atoms with Gasteiger partial charge in [0.25, 0.3) is 0 Å². The maximum Gasteiger partial charge on any atom is 0.313 e. The molecule has 1 fully saturated rings. The van der Waals surface area contributed by atoms with Crippen molar-refractivity contribution in [2.45, 2.75) is 45.6 Å². The van der Waals surface area contributed by atoms with Gasteiger partial charge in [-0.3, -0.25) is 4.79 Å². The minimum Gasteiger partial charge on any atom is -0.466 e. The standard InChI is InChI=1S/C10H19NO2/c1-3-13-9(12)10(2)7-5-4-6-8(10)11/h8H,3-7,11H2,1-2H3. The Kier molecular flexibility index (Phi) is 3.31. The molecule has 2 N–H and O–H groups in total. The van der Waals surface area contributed by atoms with E-state index in [1.807, 2.05) is 13.8 Å². The normalized spacial score (nSPS) is 34.2. The number of hydrogen-bond acceptors (Lipinski definition) is 3. The molecule has 3 heteroatoms. The van der Waals surface area contributed by atoms with Gasteiger partial charge < -0.3 is 10.5 Å². The molecule has 0 heterocycles. The zero-order valence-electron chi connectivity index (χ0n) is 8.51. The fourth-order valence-corrected chi connectivity index (χ4v) is 1.91. The van der Waals surface area contributed by atoms with E-state index in [-0.39, 0.29) is 12.0 Å². The molecule has 0 radical (unpaired) electrons. The topological polar surface area (TPSA) is 52.3 Å². The first-order valence-electron chi connectivity index (χ1n) is 5.04. The molecule has 0 saturated heterocycles. The Balaban J connectivity index is 2.65. The second-order valence-corrected chi connectivity index (χ2v) is 3.99. The first-order valence-corrected chi connectivity index (χ1v) is 5.04. The summed E-state index contributed by atoms with van der Waals surface area (Å²) in [6, 6.07) is -0.0275. The molecule has 1 aliphatic carbocycles. The summed E-state index contributed by atoms with van der Waals surface area (Å²) >= 11 is 0. The van der Waals surface area contributed by atoms with Crippen LogP contribution in [0.1, 0.15) is 39.5 Å². The molecule has 1 saturated carbocycles. The lowest BCUT2D eigenvalue weighted by atomic mass is 9.72. The van der Waals surface area contributed by atoms with Crippen molar-refractivity contribution in [2.75, 3.05) is 6.61 Å². The average molecular weight is 185 g/mol. The van der Waals surface area contributed by atoms with E-state index in [2.05, 4.69) is 0 Å². The monoisotopic (exact) mass is 185 g/mol. The Morgan fingerprint density at radius 2 is 2.31 bits per heavy atom. The van der Waals surface area contributed by atoms with Gasteiger partial charge in [-0.05, 0) is 26.7 Å². The molecule has 13 heavy (non-hydrogen) atoms. The van der Waals surface area contributed by atoms with E-state index in [9.17, 15) is 4.79 Å². The number of carbonyl (C=O) groups excluding carboxylic acids is 1. The molecule has 1 rings (SSSR count). The van der Waals surface area contributed by atoms with E-state index < -0.39 is 5.41 Å². The van der Waals surface area contributed by atoms with Crippen LogP contribution in [0.25, 0.3) is 0 Å². The minimum atomic E-state index is -0.436. The summed E-state index contributed by atoms with van der Waals surface area (Å²) in [5, 5.41) is 0. The van der Waals surface area contributed by atoms with Gasteiger partial charge in [0, 0.05) is 6.04 Å². The van der Waals surface area contributed by atoms with Crippen LogP contribution in [0.5, 0.6) is 0 Å². The minimum absolute atomic E-state index is 0.0275. The van der Waals surface area contributed by atoms with Crippen LogP contribution in [0.2, 0.25) is 0 Å². The SMILES string of the molecule is CCOC(=O)C1(C)CCCCC1N. The molecule has 0 bridgehead atoms. The number of esters is 1. The molecule has 76 valence electrons. The smallest absolute Gasteiger partial charge is 0.313 e. The van der Waals surface area contributed by atoms with Gasteiger partial charge in [0.05, 0.1) is 12.0 Å². The van der Waals surface area contributed by atoms with E-state index in [0.29, 0.717) is 6.61 Å². The van der Waals surface area contributed by atoms with Crippen LogP contribution < -0.4 is 5.73 Å². The van der Waals surface area contributed by atoms with Crippen molar-refractivity contribution in [1.29, 1.82) is 0 Å². The van der Waals surface area contributed by atoms with Gasteiger partial charge in [-0.15, -0.1) is 0 Å². The Labute approximate surface area is 79.6 Å². The largest absolute Gasteiger partial charge is 0.466 e. The van der Waals surface area contributed by atoms with Crippen LogP contribution in [0.3, 0.4) is 0 Å². The fraction of sp³-hybridized carbons (Fsp3) is 0.900. The number of ether oxygens (including phenoxy) is 1. The number of nitrogens with two attached hydrogens (primary N) is 1. The third kappa shape index (κ3) is 2.02. The summed E-state index contributed by atoms with van der Waals surface area (Å²) in [6.45, 7) is 4.20. The van der Waals surface area contributed by atoms with E-state index >= 15 is 0 Å². The van der Waals surface area contributed by atoms with Gasteiger partial charge in [-0.1, -0.05) is 12.8 Å². The Hall–Kier alpha value is -0.570. The van der Waals surface area contributed by atoms with Crippen LogP contribution >= 0.6 is 0 Å². The third-order valence-electron chi connectivity index (χ3n) is 3.02. The average Bonchev–Trinajstić information content (AvgIpc) is 2.11. The summed E-state index contributed by atoms with van der Waals surface area (Å²) in [6.07, 6.45) is 4.03. The van der Waals surface area contributed by atoms with Crippen LogP contribution in [0.4, 0.5) is 0 Å². The fourth-order valence-electron chi connectivity index (χ4n) is 1.91. The summed E-state index contributed by atoms with van der Waals surface area (Å²) in [4.78, 5) is 11.6. The van der Waals surface area contributed by atoms with Crippen LogP contribution in [-0.2, 0) is 9.53 Å². The predicted octanol–water partition coefficient (Wildman–Crippen LogP) is 1.46. The highest BCUT2D eigenvalue weighted by atomic mass is 16.5. The second-order valence-electron chi connectivity index (χ2n) is 3.99. The molecule has 2 atom stereocenters. The van der Waals surface area contributed by atoms with Crippen molar-refractivity contribution >= 4 is 5.97 Å². The highest BCUT2D eigenvalue weighted by Gasteiger charge is 2.42. The molecule has 0 spiro atoms. The predicted molar refractivity (Wildman–Crippen MR) is 51.2 cm³/mol. The van der Waals surface area contributed by atoms with Crippen molar-refractivity contribution in [2.24, 2.45) is 11.1 Å². The molecule has 0 aromatic carbocycles. The van der Waals surface area contributed by atoms with E-state index in [4.69, 9.17) is 10.5 Å². The molecule has 0 aromatic heterocycles. The highest BCUT2D eigenvalue weighted by molar-refractivity contribution is 5.77. The lowest BCUT2D eigenvalue weighted by Crippen LogP contribution is -2.48. The van der Waals surface area contributed by atoms with Crippen molar-refractivity contribution in [1.82, 2.24) is 0 Å². The number of rotatable bonds is 2. The zero-order chi connectivity index (χ0) is 9.90. The van der Waals surface area contributed by atoms with Gasteiger partial charge in [0.1, 0.15) is 0 Å². The lowest BCUT2D eigenvalue weighted by molar-refractivity contribution is -0.157. The summed E-state index contributed by atoms with van der Waals surface area (Å²) < 4.78 is 5.04. The van der Waals surface area contributed by atoms with Crippen LogP contribution in [-0.4, -0.2) is 18.6 Å². The second kappa shape index (κ2) is 4.09. The number of carbonyl (C=O) groups is 1. The van der Waals surface area contributed by atoms with Crippen LogP contribution in [0.15, 0.2) is 0 Å². The van der Waals surface area contributed by atoms with Gasteiger partial charge in [-0.25, -0.2) is 0 Å². The third-order valence-corrected chi connectivity index (χ3v) is 3.02. The zero-order valence-corrected chi connectivity index (χ0v) is 8.51. The Bertz CT molecular complexity index is 193. The van der Waals surface area contributed by atoms with Crippen molar-refractivity contribution < 1.29 is 9.53 Å². The summed E-state index contributed by atoms with van der Waals surface area (Å²) in [7, 11) is 0. The van der Waals surface area contributed by atoms with E-state index in [1.54, 1.807) is 0 Å². The molecule has 0 aliphatic heterocycles. The Morgan fingerprint density at radius 1 is 1.62 bits per heavy atom. The maximum atomic E-state index is 11.6. The highest BCUT2D eigenvalue weighted by Crippen LogP contribution is 2.35. The first kappa shape index (κ1) is 10.5. The van der Waals surface area contributed by atoms with Gasteiger partial charge in [-0.2, -0.15) is 0 Å². The molecule has 2 unspecified atom stereocenters. The van der Waals surface area contributed by atoms with Crippen molar-refractivity contribution in [3.63, 3.8) is 0 Å². The van der Waals surface area contributed by atoms with Crippen LogP contribution in [0, 0.1) is 5.41 Å². The molecule has 1 aliphatic rings. The first-order chi connectivity index (χ1) is 6.11. The molecule has 0 amide bonds. The lowest BCUT2D eigenvalue weighted by Gasteiger charge is -2.36. The molecule has 0 aromatic rings. The quantitative estimate of drug-likeness (QED) is 0.662. The van der Waals surface area contributed by atoms with Crippen molar-refractivity contribution in [3.05, 3.63) is 0 Å². The summed E-state index contributed by atoms with van der Waals surface area (Å²) in [5.74, 6) is -0.123. The van der Waals surface area contributed by atoms with Crippen molar-refractivity contribution in [3.8, 4) is 0 Å². The van der Waals surface area contributed by atoms with Gasteiger partial charge >= 0.3 is 5.97 Å². The van der Waals surface area contributed by atoms with Gasteiger partial charge in [0.2, 0.25) is 0 Å². The van der Waals surface area contributed by atoms with E-state index in [0.717, 1.165) is 25.7 Å². The maximum absolute atomic E-state index is 11.6. The molecule has 3 nitrogen and oxygen atoms in total.